The van der Waals surface area contributed by atoms with Gasteiger partial charge in [-0.3, -0.25) is 9.69 Å². The van der Waals surface area contributed by atoms with Gasteiger partial charge >= 0.3 is 0 Å². The Morgan fingerprint density at radius 3 is 2.62 bits per heavy atom. The number of hydrogen-bond acceptors (Lipinski definition) is 6. The average Bonchev–Trinajstić information content (AvgIpc) is 3.48. The first-order chi connectivity index (χ1) is 15.6. The third-order valence-electron chi connectivity index (χ3n) is 6.12. The molecule has 8 nitrogen and oxygen atoms in total. The van der Waals surface area contributed by atoms with Gasteiger partial charge in [0.2, 0.25) is 0 Å². The molecule has 2 aromatic heterocycles. The minimum atomic E-state index is -0.306. The number of likely N-dealkylation sites (tertiary alicyclic amines) is 1. The predicted molar refractivity (Wildman–Crippen MR) is 122 cm³/mol. The van der Waals surface area contributed by atoms with Crippen LogP contribution in [0.5, 0.6) is 5.75 Å². The maximum absolute atomic E-state index is 13.2. The number of aryl methyl sites for hydroxylation is 1. The summed E-state index contributed by atoms with van der Waals surface area (Å²) in [4.78, 5) is 18.5. The van der Waals surface area contributed by atoms with Gasteiger partial charge in [0.05, 0.1) is 13.7 Å². The quantitative estimate of drug-likeness (QED) is 0.506. The van der Waals surface area contributed by atoms with Crippen molar-refractivity contribution >= 4 is 10.9 Å². The molecule has 5 rings (SSSR count). The molecule has 0 bridgehead atoms. The van der Waals surface area contributed by atoms with E-state index in [9.17, 15) is 4.79 Å². The molecule has 0 spiro atoms. The largest absolute Gasteiger partial charge is 0.497 e. The highest BCUT2D eigenvalue weighted by Crippen LogP contribution is 2.30. The summed E-state index contributed by atoms with van der Waals surface area (Å²) in [5.41, 5.74) is 3.62. The van der Waals surface area contributed by atoms with Gasteiger partial charge < -0.3 is 9.72 Å². The monoisotopic (exact) mass is 430 g/mol. The number of tetrazole rings is 1. The molecule has 1 aliphatic heterocycles. The SMILES string of the molecule is COc1ccc(Cn2nnnc2C(c2cc3cc(C)ccc3[nH]c2=O)N2CCCC2)cc1. The van der Waals surface area contributed by atoms with Gasteiger partial charge in [0.25, 0.3) is 5.56 Å². The van der Waals surface area contributed by atoms with E-state index in [1.165, 1.54) is 0 Å². The van der Waals surface area contributed by atoms with Gasteiger partial charge in [0, 0.05) is 11.1 Å². The van der Waals surface area contributed by atoms with Crippen LogP contribution >= 0.6 is 0 Å². The number of ether oxygens (including phenoxy) is 1. The van der Waals surface area contributed by atoms with Crippen LogP contribution in [0.1, 0.15) is 41.4 Å². The normalized spacial score (nSPS) is 15.3. The molecule has 2 aromatic carbocycles. The zero-order valence-electron chi connectivity index (χ0n) is 18.3. The van der Waals surface area contributed by atoms with Crippen molar-refractivity contribution < 1.29 is 4.74 Å². The topological polar surface area (TPSA) is 88.9 Å². The van der Waals surface area contributed by atoms with E-state index in [1.807, 2.05) is 42.5 Å². The van der Waals surface area contributed by atoms with Gasteiger partial charge in [-0.2, -0.15) is 0 Å². The lowest BCUT2D eigenvalue weighted by atomic mass is 10.0. The van der Waals surface area contributed by atoms with Gasteiger partial charge in [-0.15, -0.1) is 5.10 Å². The fourth-order valence-corrected chi connectivity index (χ4v) is 4.47. The van der Waals surface area contributed by atoms with Gasteiger partial charge in [0.1, 0.15) is 11.8 Å². The number of aromatic amines is 1. The molecular weight excluding hydrogens is 404 g/mol. The zero-order valence-corrected chi connectivity index (χ0v) is 18.3. The van der Waals surface area contributed by atoms with Crippen LogP contribution in [0.25, 0.3) is 10.9 Å². The van der Waals surface area contributed by atoms with Crippen molar-refractivity contribution in [1.82, 2.24) is 30.1 Å². The van der Waals surface area contributed by atoms with Crippen molar-refractivity contribution in [2.45, 2.75) is 32.4 Å². The number of nitrogens with one attached hydrogen (secondary N) is 1. The molecule has 4 aromatic rings. The van der Waals surface area contributed by atoms with Crippen molar-refractivity contribution in [2.24, 2.45) is 0 Å². The number of H-pyrrole nitrogens is 1. The Morgan fingerprint density at radius 2 is 1.88 bits per heavy atom. The third-order valence-corrected chi connectivity index (χ3v) is 6.12. The zero-order chi connectivity index (χ0) is 22.1. The Kier molecular flexibility index (Phi) is 5.45. The van der Waals surface area contributed by atoms with Crippen molar-refractivity contribution in [3.8, 4) is 5.75 Å². The number of hydrogen-bond donors (Lipinski definition) is 1. The maximum atomic E-state index is 13.2. The van der Waals surface area contributed by atoms with E-state index in [-0.39, 0.29) is 11.6 Å². The highest BCUT2D eigenvalue weighted by Gasteiger charge is 2.32. The summed E-state index contributed by atoms with van der Waals surface area (Å²) >= 11 is 0. The molecule has 164 valence electrons. The molecule has 0 radical (unpaired) electrons. The summed E-state index contributed by atoms with van der Waals surface area (Å²) in [7, 11) is 1.65. The summed E-state index contributed by atoms with van der Waals surface area (Å²) in [5.74, 6) is 1.49. The summed E-state index contributed by atoms with van der Waals surface area (Å²) in [6.45, 7) is 4.38. The molecule has 0 saturated carbocycles. The van der Waals surface area contributed by atoms with E-state index in [4.69, 9.17) is 4.74 Å². The van der Waals surface area contributed by atoms with Crippen LogP contribution in [0.15, 0.2) is 53.3 Å². The van der Waals surface area contributed by atoms with Crippen LogP contribution in [0.4, 0.5) is 0 Å². The number of rotatable bonds is 6. The molecule has 1 fully saturated rings. The second-order valence-electron chi connectivity index (χ2n) is 8.33. The van der Waals surface area contributed by atoms with E-state index in [2.05, 4.69) is 38.4 Å². The number of pyridine rings is 1. The molecule has 1 saturated heterocycles. The summed E-state index contributed by atoms with van der Waals surface area (Å²) in [5, 5.41) is 13.6. The summed E-state index contributed by atoms with van der Waals surface area (Å²) in [6.07, 6.45) is 2.20. The molecule has 1 atom stereocenters. The molecule has 8 heteroatoms. The Balaban J connectivity index is 1.58. The second kappa shape index (κ2) is 8.55. The lowest BCUT2D eigenvalue weighted by Gasteiger charge is -2.26. The number of benzene rings is 2. The second-order valence-corrected chi connectivity index (χ2v) is 8.33. The van der Waals surface area contributed by atoms with E-state index in [1.54, 1.807) is 11.8 Å². The van der Waals surface area contributed by atoms with Crippen molar-refractivity contribution in [3.05, 3.63) is 81.4 Å². The highest BCUT2D eigenvalue weighted by molar-refractivity contribution is 5.79. The number of aromatic nitrogens is 5. The van der Waals surface area contributed by atoms with E-state index >= 15 is 0 Å². The first kappa shape index (κ1) is 20.4. The lowest BCUT2D eigenvalue weighted by molar-refractivity contribution is 0.263. The molecular formula is C24H26N6O2. The predicted octanol–water partition coefficient (Wildman–Crippen LogP) is 3.07. The Morgan fingerprint density at radius 1 is 1.09 bits per heavy atom. The van der Waals surface area contributed by atoms with Gasteiger partial charge in [-0.1, -0.05) is 23.8 Å². The first-order valence-electron chi connectivity index (χ1n) is 10.9. The van der Waals surface area contributed by atoms with Crippen LogP contribution in [0.2, 0.25) is 0 Å². The fraction of sp³-hybridized carbons (Fsp3) is 0.333. The standard InChI is InChI=1S/C24H26N6O2/c1-16-5-10-21-18(13-16)14-20(24(31)25-21)22(29-11-3-4-12-29)23-26-27-28-30(23)15-17-6-8-19(32-2)9-7-17/h5-10,13-14,22H,3-4,11-12,15H2,1-2H3,(H,25,31). The minimum absolute atomic E-state index is 0.0998. The Bertz CT molecular complexity index is 1290. The molecule has 1 unspecified atom stereocenters. The fourth-order valence-electron chi connectivity index (χ4n) is 4.47. The van der Waals surface area contributed by atoms with Crippen LogP contribution < -0.4 is 10.3 Å². The van der Waals surface area contributed by atoms with Gasteiger partial charge in [0.15, 0.2) is 5.82 Å². The van der Waals surface area contributed by atoms with Crippen molar-refractivity contribution in [3.63, 3.8) is 0 Å². The van der Waals surface area contributed by atoms with E-state index in [0.717, 1.165) is 53.7 Å². The highest BCUT2D eigenvalue weighted by atomic mass is 16.5. The molecule has 1 N–H and O–H groups in total. The van der Waals surface area contributed by atoms with E-state index < -0.39 is 0 Å². The number of methoxy groups -OCH3 is 1. The smallest absolute Gasteiger partial charge is 0.253 e. The van der Waals surface area contributed by atoms with Crippen LogP contribution in [-0.4, -0.2) is 50.3 Å². The molecule has 1 aliphatic rings. The van der Waals surface area contributed by atoms with Crippen LogP contribution in [-0.2, 0) is 6.54 Å². The summed E-state index contributed by atoms with van der Waals surface area (Å²) < 4.78 is 7.05. The molecule has 32 heavy (non-hydrogen) atoms. The number of nitrogens with zero attached hydrogens (tertiary/aromatic N) is 5. The van der Waals surface area contributed by atoms with E-state index in [0.29, 0.717) is 17.9 Å². The first-order valence-corrected chi connectivity index (χ1v) is 10.9. The molecule has 0 aliphatic carbocycles. The summed E-state index contributed by atoms with van der Waals surface area (Å²) in [6, 6.07) is 15.6. The van der Waals surface area contributed by atoms with Gasteiger partial charge in [-0.25, -0.2) is 4.68 Å². The van der Waals surface area contributed by atoms with Crippen LogP contribution in [0, 0.1) is 6.92 Å². The maximum Gasteiger partial charge on any atom is 0.253 e. The third kappa shape index (κ3) is 3.89. The Hall–Kier alpha value is -3.52. The minimum Gasteiger partial charge on any atom is -0.497 e. The molecule has 3 heterocycles. The average molecular weight is 431 g/mol. The van der Waals surface area contributed by atoms with Crippen molar-refractivity contribution in [2.75, 3.05) is 20.2 Å². The number of fused-ring (bicyclic) bond motifs is 1. The van der Waals surface area contributed by atoms with Gasteiger partial charge in [-0.05, 0) is 84.6 Å². The molecule has 0 amide bonds. The van der Waals surface area contributed by atoms with Crippen molar-refractivity contribution in [1.29, 1.82) is 0 Å². The lowest BCUT2D eigenvalue weighted by Crippen LogP contribution is -2.33. The Labute approximate surface area is 185 Å². The van der Waals surface area contributed by atoms with Crippen LogP contribution in [0.3, 0.4) is 0 Å².